The van der Waals surface area contributed by atoms with Crippen molar-refractivity contribution in [3.05, 3.63) is 41.5 Å². The van der Waals surface area contributed by atoms with Crippen molar-refractivity contribution in [3.63, 3.8) is 0 Å². The van der Waals surface area contributed by atoms with Gasteiger partial charge in [0, 0.05) is 19.6 Å². The van der Waals surface area contributed by atoms with Crippen LogP contribution in [0.1, 0.15) is 31.2 Å². The minimum atomic E-state index is -0.486. The molecule has 2 fully saturated rings. The number of aromatic nitrogens is 1. The second-order valence-electron chi connectivity index (χ2n) is 9.22. The molecular formula is C23H28N6O3. The van der Waals surface area contributed by atoms with Gasteiger partial charge in [-0.2, -0.15) is 0 Å². The number of pyridine rings is 1. The van der Waals surface area contributed by atoms with Crippen LogP contribution < -0.4 is 20.7 Å². The molecule has 1 unspecified atom stereocenters. The van der Waals surface area contributed by atoms with Gasteiger partial charge in [0.05, 0.1) is 24.5 Å². The topological polar surface area (TPSA) is 98.8 Å². The van der Waals surface area contributed by atoms with E-state index in [2.05, 4.69) is 25.8 Å². The van der Waals surface area contributed by atoms with Crippen LogP contribution in [0.4, 0.5) is 10.6 Å². The molecule has 3 amide bonds. The Morgan fingerprint density at radius 2 is 2.19 bits per heavy atom. The van der Waals surface area contributed by atoms with Gasteiger partial charge < -0.3 is 20.3 Å². The third-order valence-corrected chi connectivity index (χ3v) is 6.89. The first-order valence-electron chi connectivity index (χ1n) is 11.6. The molecule has 2 bridgehead atoms. The van der Waals surface area contributed by atoms with E-state index in [0.29, 0.717) is 24.2 Å². The van der Waals surface area contributed by atoms with Gasteiger partial charge in [-0.15, -0.1) is 0 Å². The molecule has 9 nitrogen and oxygen atoms in total. The van der Waals surface area contributed by atoms with E-state index in [0.717, 1.165) is 55.9 Å². The molecule has 6 rings (SSSR count). The van der Waals surface area contributed by atoms with Crippen LogP contribution in [0.3, 0.4) is 0 Å². The summed E-state index contributed by atoms with van der Waals surface area (Å²) in [5.74, 6) is 2.58. The van der Waals surface area contributed by atoms with Crippen molar-refractivity contribution in [2.24, 2.45) is 5.92 Å². The van der Waals surface area contributed by atoms with Gasteiger partial charge in [-0.05, 0) is 55.7 Å². The maximum Gasteiger partial charge on any atom is 0.328 e. The standard InChI is InChI=1S/C23H28N6O3/c30-22(25-11-14-3-4-14)17-5-6-18-21(26-17)29(16-7-8-28(18)13-16)23(31)27-20-10-15-2-1-9-32-19(15)12-24-20/h5-6,10,12,14,16-17,26H,1-4,7-9,11,13H2,(H,25,30)(H,24,27,31)/t16-,17?/m0/s1. The Kier molecular flexibility index (Phi) is 4.69. The van der Waals surface area contributed by atoms with Gasteiger partial charge in [-0.1, -0.05) is 6.08 Å². The zero-order valence-corrected chi connectivity index (χ0v) is 18.0. The van der Waals surface area contributed by atoms with Crippen molar-refractivity contribution in [2.75, 3.05) is 31.6 Å². The van der Waals surface area contributed by atoms with Crippen LogP contribution in [0.15, 0.2) is 35.9 Å². The number of aryl methyl sites for hydroxylation is 1. The highest BCUT2D eigenvalue weighted by molar-refractivity contribution is 5.91. The summed E-state index contributed by atoms with van der Waals surface area (Å²) in [6.07, 6.45) is 10.7. The van der Waals surface area contributed by atoms with Crippen molar-refractivity contribution < 1.29 is 14.3 Å². The van der Waals surface area contributed by atoms with Crippen molar-refractivity contribution in [2.45, 2.75) is 44.2 Å². The molecule has 0 aromatic carbocycles. The summed E-state index contributed by atoms with van der Waals surface area (Å²) in [7, 11) is 0. The van der Waals surface area contributed by atoms with Crippen molar-refractivity contribution in [1.82, 2.24) is 25.4 Å². The monoisotopic (exact) mass is 436 g/mol. The number of nitrogens with zero attached hydrogens (tertiary/aromatic N) is 3. The molecule has 168 valence electrons. The molecule has 1 saturated carbocycles. The van der Waals surface area contributed by atoms with Gasteiger partial charge in [-0.3, -0.25) is 15.0 Å². The number of hydrogen-bond acceptors (Lipinski definition) is 6. The summed E-state index contributed by atoms with van der Waals surface area (Å²) < 4.78 is 5.63. The highest BCUT2D eigenvalue weighted by atomic mass is 16.5. The van der Waals surface area contributed by atoms with Gasteiger partial charge >= 0.3 is 6.03 Å². The summed E-state index contributed by atoms with van der Waals surface area (Å²) in [6, 6.07) is 1.24. The Morgan fingerprint density at radius 3 is 3.06 bits per heavy atom. The number of rotatable bonds is 4. The Morgan fingerprint density at radius 1 is 1.28 bits per heavy atom. The third-order valence-electron chi connectivity index (χ3n) is 6.89. The van der Waals surface area contributed by atoms with Crippen LogP contribution in [0.5, 0.6) is 5.75 Å². The van der Waals surface area contributed by atoms with E-state index in [4.69, 9.17) is 4.74 Å². The molecule has 2 atom stereocenters. The molecule has 4 aliphatic heterocycles. The second kappa shape index (κ2) is 7.72. The quantitative estimate of drug-likeness (QED) is 0.663. The fourth-order valence-electron chi connectivity index (χ4n) is 4.93. The van der Waals surface area contributed by atoms with Crippen LogP contribution in [-0.2, 0) is 11.2 Å². The number of urea groups is 1. The number of hydrogen-bond donors (Lipinski definition) is 3. The molecule has 32 heavy (non-hydrogen) atoms. The molecule has 1 saturated heterocycles. The molecule has 5 aliphatic rings. The fraction of sp³-hybridized carbons (Fsp3) is 0.522. The molecule has 9 heteroatoms. The van der Waals surface area contributed by atoms with Crippen LogP contribution in [0, 0.1) is 5.92 Å². The summed E-state index contributed by atoms with van der Waals surface area (Å²) in [4.78, 5) is 34.5. The van der Waals surface area contributed by atoms with Crippen LogP contribution in [0.25, 0.3) is 0 Å². The van der Waals surface area contributed by atoms with E-state index in [1.54, 1.807) is 11.1 Å². The lowest BCUT2D eigenvalue weighted by molar-refractivity contribution is -0.122. The zero-order chi connectivity index (χ0) is 21.7. The first kappa shape index (κ1) is 19.5. The average molecular weight is 437 g/mol. The summed E-state index contributed by atoms with van der Waals surface area (Å²) >= 11 is 0. The number of amides is 3. The number of dihydropyridines is 1. The Labute approximate surface area is 186 Å². The lowest BCUT2D eigenvalue weighted by atomic mass is 10.1. The highest BCUT2D eigenvalue weighted by Gasteiger charge is 2.42. The second-order valence-corrected chi connectivity index (χ2v) is 9.22. The van der Waals surface area contributed by atoms with Gasteiger partial charge in [0.1, 0.15) is 23.4 Å². The van der Waals surface area contributed by atoms with Gasteiger partial charge in [0.25, 0.3) is 0 Å². The third kappa shape index (κ3) is 3.55. The van der Waals surface area contributed by atoms with Crippen molar-refractivity contribution in [3.8, 4) is 5.75 Å². The number of nitrogens with one attached hydrogen (secondary N) is 3. The van der Waals surface area contributed by atoms with Gasteiger partial charge in [0.15, 0.2) is 0 Å². The lowest BCUT2D eigenvalue weighted by Gasteiger charge is -2.40. The van der Waals surface area contributed by atoms with E-state index < -0.39 is 6.04 Å². The fourth-order valence-corrected chi connectivity index (χ4v) is 4.93. The predicted molar refractivity (Wildman–Crippen MR) is 118 cm³/mol. The van der Waals surface area contributed by atoms with Crippen molar-refractivity contribution >= 4 is 17.8 Å². The largest absolute Gasteiger partial charge is 0.492 e. The Bertz CT molecular complexity index is 1020. The molecule has 5 heterocycles. The van der Waals surface area contributed by atoms with Crippen molar-refractivity contribution in [1.29, 1.82) is 0 Å². The summed E-state index contributed by atoms with van der Waals surface area (Å²) in [5, 5.41) is 9.33. The molecule has 1 aromatic rings. The maximum absolute atomic E-state index is 13.4. The SMILES string of the molecule is O=C(NCC1CC1)C1C=CC2=C(N1)N(C(=O)Nc1cc3c(cn1)OCCC3)[C@H]1CCN2C1. The normalized spacial score (nSPS) is 25.5. The van der Waals surface area contributed by atoms with Gasteiger partial charge in [-0.25, -0.2) is 9.78 Å². The van der Waals surface area contributed by atoms with Crippen LogP contribution in [-0.4, -0.2) is 65.0 Å². The van der Waals surface area contributed by atoms with Crippen LogP contribution in [0.2, 0.25) is 0 Å². The molecule has 1 aliphatic carbocycles. The summed E-state index contributed by atoms with van der Waals surface area (Å²) in [5.41, 5.74) is 2.03. The van der Waals surface area contributed by atoms with Crippen LogP contribution >= 0.6 is 0 Å². The molecule has 0 spiro atoms. The predicted octanol–water partition coefficient (Wildman–Crippen LogP) is 1.55. The first-order valence-corrected chi connectivity index (χ1v) is 11.6. The molecular weight excluding hydrogens is 408 g/mol. The molecule has 1 aromatic heterocycles. The minimum Gasteiger partial charge on any atom is -0.492 e. The number of carbonyl (C=O) groups is 2. The van der Waals surface area contributed by atoms with E-state index in [9.17, 15) is 9.59 Å². The Balaban J connectivity index is 1.21. The number of carbonyl (C=O) groups excluding carboxylic acids is 2. The molecule has 3 N–H and O–H groups in total. The summed E-state index contributed by atoms with van der Waals surface area (Å²) in [6.45, 7) is 3.12. The molecule has 0 radical (unpaired) electrons. The van der Waals surface area contributed by atoms with E-state index in [-0.39, 0.29) is 18.0 Å². The zero-order valence-electron chi connectivity index (χ0n) is 18.0. The Hall–Kier alpha value is -3.23. The lowest BCUT2D eigenvalue weighted by Crippen LogP contribution is -2.56. The number of allylic oxidation sites excluding steroid dienone is 1. The number of ether oxygens (including phenoxy) is 1. The smallest absolute Gasteiger partial charge is 0.328 e. The maximum atomic E-state index is 13.4. The van der Waals surface area contributed by atoms with E-state index >= 15 is 0 Å². The van der Waals surface area contributed by atoms with E-state index in [1.165, 1.54) is 12.8 Å². The average Bonchev–Trinajstić information content (AvgIpc) is 3.56. The van der Waals surface area contributed by atoms with Gasteiger partial charge in [0.2, 0.25) is 5.91 Å². The number of fused-ring (bicyclic) bond motifs is 4. The first-order chi connectivity index (χ1) is 15.7. The minimum absolute atomic E-state index is 0.0515. The van der Waals surface area contributed by atoms with E-state index in [1.807, 2.05) is 18.2 Å². The highest BCUT2D eigenvalue weighted by Crippen LogP contribution is 2.34. The number of anilines is 1.